The summed E-state index contributed by atoms with van der Waals surface area (Å²) in [6.45, 7) is 2.13. The zero-order valence-corrected chi connectivity index (χ0v) is 5.09. The number of hydrogen-bond donors (Lipinski definition) is 1. The molecule has 0 saturated carbocycles. The molecule has 1 aromatic rings. The summed E-state index contributed by atoms with van der Waals surface area (Å²) in [5.74, 6) is 0.959. The third-order valence-electron chi connectivity index (χ3n) is 1.51. The van der Waals surface area contributed by atoms with E-state index in [0.717, 1.165) is 19.0 Å². The predicted molar refractivity (Wildman–Crippen MR) is 34.2 cm³/mol. The second-order valence-corrected chi connectivity index (χ2v) is 2.17. The number of rotatable bonds is 0. The van der Waals surface area contributed by atoms with Crippen molar-refractivity contribution in [2.24, 2.45) is 0 Å². The fourth-order valence-corrected chi connectivity index (χ4v) is 1.05. The maximum absolute atomic E-state index is 3.98. The zero-order valence-electron chi connectivity index (χ0n) is 5.09. The van der Waals surface area contributed by atoms with Gasteiger partial charge >= 0.3 is 0 Å². The molecule has 0 unspecified atom stereocenters. The lowest BCUT2D eigenvalue weighted by Crippen LogP contribution is -2.16. The molecule has 0 fully saturated rings. The molecule has 3 heteroatoms. The summed E-state index contributed by atoms with van der Waals surface area (Å²) < 4.78 is 2.07. The van der Waals surface area contributed by atoms with Gasteiger partial charge in [-0.3, -0.25) is 0 Å². The van der Waals surface area contributed by atoms with Crippen LogP contribution in [-0.4, -0.2) is 16.1 Å². The van der Waals surface area contributed by atoms with Crippen LogP contribution in [0.1, 0.15) is 6.42 Å². The number of aryl methyl sites for hydroxylation is 1. The van der Waals surface area contributed by atoms with Crippen LogP contribution in [0.5, 0.6) is 0 Å². The van der Waals surface area contributed by atoms with E-state index in [1.54, 1.807) is 0 Å². The Bertz CT molecular complexity index is 183. The van der Waals surface area contributed by atoms with Gasteiger partial charge in [-0.1, -0.05) is 0 Å². The minimum atomic E-state index is 0.959. The van der Waals surface area contributed by atoms with Gasteiger partial charge < -0.3 is 9.88 Å². The van der Waals surface area contributed by atoms with Crippen molar-refractivity contribution in [3.63, 3.8) is 0 Å². The fraction of sp³-hybridized carbons (Fsp3) is 0.500. The second kappa shape index (κ2) is 1.76. The smallest absolute Gasteiger partial charge is 0.203 e. The van der Waals surface area contributed by atoms with Crippen molar-refractivity contribution >= 4 is 5.95 Å². The highest BCUT2D eigenvalue weighted by Gasteiger charge is 2.05. The minimum Gasteiger partial charge on any atom is -0.356 e. The number of nitrogens with zero attached hydrogens (tertiary/aromatic N) is 2. The van der Waals surface area contributed by atoms with Gasteiger partial charge in [0.2, 0.25) is 5.95 Å². The number of aromatic nitrogens is 2. The Morgan fingerprint density at radius 3 is 3.67 bits per heavy atom. The molecule has 1 aliphatic rings. The molecule has 1 radical (unpaired) electrons. The average molecular weight is 122 g/mol. The van der Waals surface area contributed by atoms with Gasteiger partial charge in [0.1, 0.15) is 6.20 Å². The minimum absolute atomic E-state index is 0.959. The van der Waals surface area contributed by atoms with Crippen molar-refractivity contribution in [3.8, 4) is 0 Å². The van der Waals surface area contributed by atoms with E-state index in [1.807, 2.05) is 6.20 Å². The lowest BCUT2D eigenvalue weighted by molar-refractivity contribution is 0.627. The molecular weight excluding hydrogens is 114 g/mol. The Labute approximate surface area is 53.7 Å². The van der Waals surface area contributed by atoms with E-state index >= 15 is 0 Å². The summed E-state index contributed by atoms with van der Waals surface area (Å²) in [6, 6.07) is 0. The van der Waals surface area contributed by atoms with Crippen LogP contribution in [0.25, 0.3) is 0 Å². The summed E-state index contributed by atoms with van der Waals surface area (Å²) in [7, 11) is 0. The van der Waals surface area contributed by atoms with Gasteiger partial charge in [0.05, 0.1) is 0 Å². The molecule has 1 aromatic heterocycles. The second-order valence-electron chi connectivity index (χ2n) is 2.17. The summed E-state index contributed by atoms with van der Waals surface area (Å²) in [6.07, 6.45) is 5.86. The Morgan fingerprint density at radius 2 is 2.78 bits per heavy atom. The van der Waals surface area contributed by atoms with Crippen LogP contribution < -0.4 is 5.32 Å². The van der Waals surface area contributed by atoms with E-state index in [2.05, 4.69) is 21.1 Å². The highest BCUT2D eigenvalue weighted by molar-refractivity contribution is 5.26. The normalized spacial score (nSPS) is 16.4. The zero-order chi connectivity index (χ0) is 6.10. The standard InChI is InChI=1S/C6H8N3/c1-2-7-6-8-3-5-9(6)4-1/h5H,1-2,4H2,(H,7,8). The van der Waals surface area contributed by atoms with Crippen molar-refractivity contribution in [3.05, 3.63) is 12.4 Å². The molecule has 3 nitrogen and oxygen atoms in total. The average Bonchev–Trinajstić information content (AvgIpc) is 2.33. The monoisotopic (exact) mass is 122 g/mol. The quantitative estimate of drug-likeness (QED) is 0.543. The first-order chi connectivity index (χ1) is 4.47. The number of imidazole rings is 1. The molecule has 1 aliphatic heterocycles. The predicted octanol–water partition coefficient (Wildman–Crippen LogP) is 0.499. The number of hydrogen-bond acceptors (Lipinski definition) is 2. The van der Waals surface area contributed by atoms with Crippen LogP contribution >= 0.6 is 0 Å². The molecule has 0 bridgehead atoms. The molecule has 9 heavy (non-hydrogen) atoms. The van der Waals surface area contributed by atoms with Crippen molar-refractivity contribution in [2.45, 2.75) is 13.0 Å². The summed E-state index contributed by atoms with van der Waals surface area (Å²) in [5.41, 5.74) is 0. The van der Waals surface area contributed by atoms with Crippen molar-refractivity contribution in [2.75, 3.05) is 11.9 Å². The highest BCUT2D eigenvalue weighted by atomic mass is 15.2. The molecule has 0 spiro atoms. The van der Waals surface area contributed by atoms with Crippen molar-refractivity contribution < 1.29 is 0 Å². The van der Waals surface area contributed by atoms with Crippen LogP contribution in [0.15, 0.2) is 6.20 Å². The van der Waals surface area contributed by atoms with Crippen molar-refractivity contribution in [1.29, 1.82) is 0 Å². The third kappa shape index (κ3) is 0.686. The van der Waals surface area contributed by atoms with Gasteiger partial charge in [-0.2, -0.15) is 0 Å². The van der Waals surface area contributed by atoms with Crippen LogP contribution in [0, 0.1) is 6.20 Å². The Balaban J connectivity index is 2.39. The molecule has 2 rings (SSSR count). The first-order valence-electron chi connectivity index (χ1n) is 3.14. The van der Waals surface area contributed by atoms with Crippen LogP contribution in [0.2, 0.25) is 0 Å². The Kier molecular flexibility index (Phi) is 0.946. The molecule has 0 amide bonds. The van der Waals surface area contributed by atoms with Gasteiger partial charge in [-0.15, -0.1) is 0 Å². The molecule has 47 valence electrons. The first-order valence-corrected chi connectivity index (χ1v) is 3.14. The van der Waals surface area contributed by atoms with E-state index in [9.17, 15) is 0 Å². The van der Waals surface area contributed by atoms with E-state index in [4.69, 9.17) is 0 Å². The third-order valence-corrected chi connectivity index (χ3v) is 1.51. The van der Waals surface area contributed by atoms with E-state index < -0.39 is 0 Å². The molecule has 0 aliphatic carbocycles. The summed E-state index contributed by atoms with van der Waals surface area (Å²) in [5, 5.41) is 3.16. The van der Waals surface area contributed by atoms with E-state index in [-0.39, 0.29) is 0 Å². The van der Waals surface area contributed by atoms with E-state index in [0.29, 0.717) is 0 Å². The molecule has 0 atom stereocenters. The maximum atomic E-state index is 3.98. The molecular formula is C6H8N3. The van der Waals surface area contributed by atoms with Crippen LogP contribution in [-0.2, 0) is 6.54 Å². The largest absolute Gasteiger partial charge is 0.356 e. The Hall–Kier alpha value is -0.990. The van der Waals surface area contributed by atoms with E-state index in [1.165, 1.54) is 6.42 Å². The fourth-order valence-electron chi connectivity index (χ4n) is 1.05. The van der Waals surface area contributed by atoms with Gasteiger partial charge in [0.25, 0.3) is 0 Å². The van der Waals surface area contributed by atoms with Crippen molar-refractivity contribution in [1.82, 2.24) is 9.55 Å². The van der Waals surface area contributed by atoms with Gasteiger partial charge in [0, 0.05) is 19.3 Å². The maximum Gasteiger partial charge on any atom is 0.203 e. The summed E-state index contributed by atoms with van der Waals surface area (Å²) >= 11 is 0. The number of fused-ring (bicyclic) bond motifs is 1. The molecule has 0 aromatic carbocycles. The lowest BCUT2D eigenvalue weighted by Gasteiger charge is -2.14. The Morgan fingerprint density at radius 1 is 1.78 bits per heavy atom. The molecule has 1 N–H and O–H groups in total. The van der Waals surface area contributed by atoms with Gasteiger partial charge in [-0.05, 0) is 6.42 Å². The lowest BCUT2D eigenvalue weighted by atomic mass is 10.4. The van der Waals surface area contributed by atoms with Gasteiger partial charge in [0.15, 0.2) is 0 Å². The number of nitrogens with one attached hydrogen (secondary N) is 1. The topological polar surface area (TPSA) is 29.9 Å². The van der Waals surface area contributed by atoms with Gasteiger partial charge in [-0.25, -0.2) is 4.98 Å². The molecule has 0 saturated heterocycles. The highest BCUT2D eigenvalue weighted by Crippen LogP contribution is 2.08. The summed E-state index contributed by atoms with van der Waals surface area (Å²) in [4.78, 5) is 3.98. The number of anilines is 1. The van der Waals surface area contributed by atoms with Crippen LogP contribution in [0.4, 0.5) is 5.95 Å². The molecule has 2 heterocycles. The first kappa shape index (κ1) is 4.85. The SMILES string of the molecule is [c]1cn2c(n1)NCCC2. The van der Waals surface area contributed by atoms with Crippen LogP contribution in [0.3, 0.4) is 0 Å².